The van der Waals surface area contributed by atoms with Crippen LogP contribution in [-0.2, 0) is 20.9 Å². The molecule has 1 N–H and O–H groups in total. The Morgan fingerprint density at radius 1 is 1.09 bits per heavy atom. The van der Waals surface area contributed by atoms with E-state index in [1.807, 2.05) is 35.2 Å². The fraction of sp³-hybridized carbons (Fsp3) is 0.560. The molecule has 3 amide bonds. The molecule has 0 aromatic heterocycles. The topological polar surface area (TPSA) is 90.4 Å². The number of benzene rings is 1. The molecule has 2 fully saturated rings. The monoisotopic (exact) mass is 455 g/mol. The first-order valence-corrected chi connectivity index (χ1v) is 11.8. The number of aliphatic hydroxyl groups excluding tert-OH is 1. The summed E-state index contributed by atoms with van der Waals surface area (Å²) in [5.74, 6) is 0.689. The van der Waals surface area contributed by atoms with Gasteiger partial charge in [-0.05, 0) is 30.7 Å². The minimum Gasteiger partial charge on any atom is -0.489 e. The van der Waals surface area contributed by atoms with Crippen molar-refractivity contribution in [1.82, 2.24) is 14.7 Å². The molecular weight excluding hydrogens is 422 g/mol. The number of carbonyl (C=O) groups excluding carboxylic acids is 3. The average molecular weight is 456 g/mol. The van der Waals surface area contributed by atoms with E-state index in [0.29, 0.717) is 57.9 Å². The maximum atomic E-state index is 13.1. The lowest BCUT2D eigenvalue weighted by Crippen LogP contribution is -2.48. The Balaban J connectivity index is 1.52. The van der Waals surface area contributed by atoms with Crippen molar-refractivity contribution in [3.8, 4) is 5.75 Å². The van der Waals surface area contributed by atoms with E-state index in [0.717, 1.165) is 12.0 Å². The summed E-state index contributed by atoms with van der Waals surface area (Å²) in [6.45, 7) is 4.30. The first-order chi connectivity index (χ1) is 15.9. The van der Waals surface area contributed by atoms with Crippen molar-refractivity contribution in [3.05, 3.63) is 42.0 Å². The fourth-order valence-electron chi connectivity index (χ4n) is 4.94. The highest BCUT2D eigenvalue weighted by atomic mass is 16.5. The van der Waals surface area contributed by atoms with Gasteiger partial charge in [-0.2, -0.15) is 0 Å². The maximum Gasteiger partial charge on any atom is 0.242 e. The van der Waals surface area contributed by atoms with E-state index in [1.165, 1.54) is 6.92 Å². The number of aliphatic hydroxyl groups is 1. The zero-order valence-electron chi connectivity index (χ0n) is 19.2. The van der Waals surface area contributed by atoms with Crippen molar-refractivity contribution in [2.75, 3.05) is 39.3 Å². The van der Waals surface area contributed by atoms with Gasteiger partial charge in [0, 0.05) is 51.6 Å². The number of ether oxygens (including phenoxy) is 1. The highest BCUT2D eigenvalue weighted by molar-refractivity contribution is 5.84. The van der Waals surface area contributed by atoms with E-state index in [1.54, 1.807) is 9.80 Å². The summed E-state index contributed by atoms with van der Waals surface area (Å²) >= 11 is 0. The van der Waals surface area contributed by atoms with E-state index in [4.69, 9.17) is 4.74 Å². The van der Waals surface area contributed by atoms with Crippen LogP contribution in [0.3, 0.4) is 0 Å². The molecule has 0 unspecified atom stereocenters. The third-order valence-corrected chi connectivity index (χ3v) is 6.94. The first kappa shape index (κ1) is 23.3. The molecule has 1 aromatic carbocycles. The van der Waals surface area contributed by atoms with Crippen molar-refractivity contribution in [1.29, 1.82) is 0 Å². The zero-order chi connectivity index (χ0) is 23.4. The maximum absolute atomic E-state index is 13.1. The van der Waals surface area contributed by atoms with Crippen LogP contribution in [0.15, 0.2) is 36.4 Å². The molecule has 3 aliphatic heterocycles. The smallest absolute Gasteiger partial charge is 0.242 e. The number of piperidine rings is 1. The second-order valence-corrected chi connectivity index (χ2v) is 9.26. The second-order valence-electron chi connectivity index (χ2n) is 9.26. The largest absolute Gasteiger partial charge is 0.489 e. The van der Waals surface area contributed by atoms with Gasteiger partial charge in [0.1, 0.15) is 18.9 Å². The number of hydrogen-bond acceptors (Lipinski definition) is 5. The molecule has 33 heavy (non-hydrogen) atoms. The molecule has 0 radical (unpaired) electrons. The summed E-state index contributed by atoms with van der Waals surface area (Å²) in [5, 5.41) is 9.76. The molecule has 2 saturated heterocycles. The van der Waals surface area contributed by atoms with Crippen LogP contribution in [0.1, 0.15) is 31.7 Å². The van der Waals surface area contributed by atoms with Crippen molar-refractivity contribution in [2.45, 2.75) is 38.8 Å². The summed E-state index contributed by atoms with van der Waals surface area (Å²) in [7, 11) is 0. The molecule has 8 nitrogen and oxygen atoms in total. The molecule has 0 aliphatic carbocycles. The summed E-state index contributed by atoms with van der Waals surface area (Å²) in [4.78, 5) is 43.3. The van der Waals surface area contributed by atoms with E-state index in [-0.39, 0.29) is 36.1 Å². The normalized spacial score (nSPS) is 27.0. The highest BCUT2D eigenvalue weighted by Gasteiger charge is 2.34. The van der Waals surface area contributed by atoms with Crippen LogP contribution in [-0.4, -0.2) is 83.0 Å². The van der Waals surface area contributed by atoms with Crippen LogP contribution in [0.25, 0.3) is 0 Å². The Morgan fingerprint density at radius 2 is 1.91 bits per heavy atom. The molecule has 3 atom stereocenters. The third kappa shape index (κ3) is 5.74. The van der Waals surface area contributed by atoms with Gasteiger partial charge < -0.3 is 24.5 Å². The van der Waals surface area contributed by atoms with Crippen LogP contribution in [0.5, 0.6) is 5.75 Å². The lowest BCUT2D eigenvalue weighted by molar-refractivity contribution is -0.141. The van der Waals surface area contributed by atoms with Gasteiger partial charge in [0.15, 0.2) is 0 Å². The third-order valence-electron chi connectivity index (χ3n) is 6.94. The molecule has 1 aromatic rings. The lowest BCUT2D eigenvalue weighted by Gasteiger charge is -2.38. The number of carbonyl (C=O) groups is 3. The number of hydrogen-bond donors (Lipinski definition) is 1. The van der Waals surface area contributed by atoms with Crippen molar-refractivity contribution in [3.63, 3.8) is 0 Å². The van der Waals surface area contributed by atoms with E-state index in [9.17, 15) is 19.5 Å². The minimum atomic E-state index is -0.428. The number of likely N-dealkylation sites (tertiary alicyclic amines) is 1. The Labute approximate surface area is 194 Å². The van der Waals surface area contributed by atoms with Crippen LogP contribution < -0.4 is 4.74 Å². The summed E-state index contributed by atoms with van der Waals surface area (Å²) in [6.07, 6.45) is 5.37. The summed E-state index contributed by atoms with van der Waals surface area (Å²) < 4.78 is 5.98. The van der Waals surface area contributed by atoms with Gasteiger partial charge in [0.25, 0.3) is 0 Å². The van der Waals surface area contributed by atoms with Crippen LogP contribution >= 0.6 is 0 Å². The molecular formula is C25H33N3O5. The predicted octanol–water partition coefficient (Wildman–Crippen LogP) is 1.43. The fourth-order valence-corrected chi connectivity index (χ4v) is 4.94. The Hall–Kier alpha value is -2.87. The predicted molar refractivity (Wildman–Crippen MR) is 122 cm³/mol. The molecule has 8 heteroatoms. The van der Waals surface area contributed by atoms with Gasteiger partial charge in [0.2, 0.25) is 17.7 Å². The number of β-amino-alcohol motifs (C(OH)–C–C–N with tert-alkyl or cyclic N) is 1. The zero-order valence-corrected chi connectivity index (χ0v) is 19.2. The number of para-hydroxylation sites is 1. The van der Waals surface area contributed by atoms with Gasteiger partial charge >= 0.3 is 0 Å². The van der Waals surface area contributed by atoms with Gasteiger partial charge in [0.05, 0.1) is 6.10 Å². The van der Waals surface area contributed by atoms with Crippen LogP contribution in [0.2, 0.25) is 0 Å². The van der Waals surface area contributed by atoms with Crippen LogP contribution in [0, 0.1) is 11.8 Å². The lowest BCUT2D eigenvalue weighted by atomic mass is 9.82. The standard InChI is InChI=1S/C25H33N3O5/c1-18(29)28-15-21-5-2-3-7-23(21)33-12-4-6-20-14-26(25(32)17-28)10-8-19(20)13-24(31)27-11-9-22(30)16-27/h2-7,19-20,22,30H,8-17H2,1H3/b6-4+/t19-,20-,22+/m0/s1. The quantitative estimate of drug-likeness (QED) is 0.682. The van der Waals surface area contributed by atoms with Crippen molar-refractivity contribution >= 4 is 17.7 Å². The highest BCUT2D eigenvalue weighted by Crippen LogP contribution is 2.30. The minimum absolute atomic E-state index is 0.0232. The molecule has 0 saturated carbocycles. The SMILES string of the molecule is CC(=O)N1CC(=O)N2CC[C@@H](CC(=O)N3CC[C@@H](O)C3)[C@@H](/C=C/COc3ccccc3C1)C2. The van der Waals surface area contributed by atoms with Gasteiger partial charge in [-0.25, -0.2) is 0 Å². The number of nitrogens with zero attached hydrogens (tertiary/aromatic N) is 3. The molecule has 0 spiro atoms. The molecule has 3 aliphatic rings. The summed E-state index contributed by atoms with van der Waals surface area (Å²) in [6, 6.07) is 7.57. The number of fused-ring (bicyclic) bond motifs is 3. The van der Waals surface area contributed by atoms with Gasteiger partial charge in [-0.3, -0.25) is 14.4 Å². The second kappa shape index (κ2) is 10.4. The van der Waals surface area contributed by atoms with E-state index < -0.39 is 6.10 Å². The molecule has 2 bridgehead atoms. The summed E-state index contributed by atoms with van der Waals surface area (Å²) in [5.41, 5.74) is 0.863. The average Bonchev–Trinajstić information content (AvgIpc) is 3.24. The van der Waals surface area contributed by atoms with Gasteiger partial charge in [-0.1, -0.05) is 30.4 Å². The van der Waals surface area contributed by atoms with Crippen LogP contribution in [0.4, 0.5) is 0 Å². The Kier molecular flexibility index (Phi) is 7.33. The number of amides is 3. The Morgan fingerprint density at radius 3 is 2.67 bits per heavy atom. The van der Waals surface area contributed by atoms with Crippen molar-refractivity contribution in [2.24, 2.45) is 11.8 Å². The van der Waals surface area contributed by atoms with Crippen molar-refractivity contribution < 1.29 is 24.2 Å². The number of rotatable bonds is 2. The molecule has 4 rings (SSSR count). The first-order valence-electron chi connectivity index (χ1n) is 11.8. The van der Waals surface area contributed by atoms with E-state index in [2.05, 4.69) is 6.08 Å². The van der Waals surface area contributed by atoms with Gasteiger partial charge in [-0.15, -0.1) is 0 Å². The Bertz CT molecular complexity index is 917. The van der Waals surface area contributed by atoms with E-state index >= 15 is 0 Å². The molecule has 178 valence electrons. The molecule has 3 heterocycles.